The summed E-state index contributed by atoms with van der Waals surface area (Å²) in [5.41, 5.74) is 1.52. The maximum atomic E-state index is 13.1. The van der Waals surface area contributed by atoms with Crippen LogP contribution < -0.4 is 5.32 Å². The van der Waals surface area contributed by atoms with Gasteiger partial charge in [-0.05, 0) is 28.1 Å². The van der Waals surface area contributed by atoms with Gasteiger partial charge in [-0.3, -0.25) is 15.1 Å². The molecule has 146 valence electrons. The molecule has 9 nitrogen and oxygen atoms in total. The van der Waals surface area contributed by atoms with E-state index in [0.29, 0.717) is 22.0 Å². The first-order valence-corrected chi connectivity index (χ1v) is 10.5. The second-order valence-corrected chi connectivity index (χ2v) is 8.37. The van der Waals surface area contributed by atoms with Crippen molar-refractivity contribution in [1.82, 2.24) is 25.2 Å². The Morgan fingerprint density at radius 3 is 2.52 bits per heavy atom. The minimum Gasteiger partial charge on any atom is -0.289 e. The number of nitrogens with one attached hydrogen (secondary N) is 1. The third-order valence-corrected chi connectivity index (χ3v) is 5.54. The van der Waals surface area contributed by atoms with Crippen LogP contribution in [-0.4, -0.2) is 45.8 Å². The fraction of sp³-hybridized carbons (Fsp3) is 0.105. The third kappa shape index (κ3) is 3.45. The number of carbonyl (C=O) groups excluding carboxylic acids is 1. The van der Waals surface area contributed by atoms with E-state index in [2.05, 4.69) is 25.8 Å². The molecule has 0 aliphatic carbocycles. The van der Waals surface area contributed by atoms with E-state index in [9.17, 15) is 13.2 Å². The zero-order valence-electron chi connectivity index (χ0n) is 15.6. The number of hydrogen-bond acceptors (Lipinski definition) is 7. The average molecular weight is 408 g/mol. The Morgan fingerprint density at radius 1 is 1.10 bits per heavy atom. The Bertz CT molecular complexity index is 1330. The molecule has 2 aromatic carbocycles. The second-order valence-electron chi connectivity index (χ2n) is 6.42. The van der Waals surface area contributed by atoms with Crippen LogP contribution in [0.5, 0.6) is 0 Å². The minimum atomic E-state index is -3.80. The van der Waals surface area contributed by atoms with Crippen molar-refractivity contribution >= 4 is 32.6 Å². The number of nitrogens with zero attached hydrogens (tertiary/aromatic N) is 5. The maximum Gasteiger partial charge on any atom is 0.259 e. The van der Waals surface area contributed by atoms with E-state index in [0.717, 1.165) is 6.26 Å². The molecule has 0 saturated heterocycles. The lowest BCUT2D eigenvalue weighted by Gasteiger charge is -2.16. The number of pyridine rings is 1. The largest absolute Gasteiger partial charge is 0.289 e. The minimum absolute atomic E-state index is 0.00477. The van der Waals surface area contributed by atoms with Crippen molar-refractivity contribution in [2.75, 3.05) is 11.6 Å². The number of aromatic nitrogens is 5. The Kier molecular flexibility index (Phi) is 4.55. The molecule has 10 heteroatoms. The highest BCUT2D eigenvalue weighted by atomic mass is 32.2. The van der Waals surface area contributed by atoms with Crippen LogP contribution in [0.2, 0.25) is 0 Å². The predicted octanol–water partition coefficient (Wildman–Crippen LogP) is 2.08. The lowest BCUT2D eigenvalue weighted by Crippen LogP contribution is -2.19. The van der Waals surface area contributed by atoms with Crippen molar-refractivity contribution in [2.45, 2.75) is 4.90 Å². The fourth-order valence-electron chi connectivity index (χ4n) is 3.14. The number of tetrazole rings is 1. The lowest BCUT2D eigenvalue weighted by atomic mass is 9.98. The van der Waals surface area contributed by atoms with Gasteiger partial charge in [-0.15, -0.1) is 0 Å². The molecular weight excluding hydrogens is 392 g/mol. The second kappa shape index (κ2) is 7.06. The van der Waals surface area contributed by atoms with Gasteiger partial charge in [0.05, 0.1) is 16.0 Å². The Morgan fingerprint density at radius 2 is 1.86 bits per heavy atom. The van der Waals surface area contributed by atoms with Crippen LogP contribution in [0.25, 0.3) is 22.0 Å². The molecule has 4 aromatic rings. The molecule has 0 unspecified atom stereocenters. The highest BCUT2D eigenvalue weighted by Crippen LogP contribution is 2.36. The van der Waals surface area contributed by atoms with Crippen LogP contribution in [0.3, 0.4) is 0 Å². The molecule has 0 spiro atoms. The number of anilines is 1. The summed E-state index contributed by atoms with van der Waals surface area (Å²) in [4.78, 5) is 17.3. The SMILES string of the molecule is Cn1nnnc1NC(=O)c1cc2cccnc2c(-c2ccccc2)c1S(C)(=O)=O. The van der Waals surface area contributed by atoms with E-state index in [-0.39, 0.29) is 16.4 Å². The summed E-state index contributed by atoms with van der Waals surface area (Å²) in [6.45, 7) is 0. The van der Waals surface area contributed by atoms with Gasteiger partial charge in [0.1, 0.15) is 0 Å². The fourth-order valence-corrected chi connectivity index (χ4v) is 4.27. The monoisotopic (exact) mass is 408 g/mol. The standard InChI is InChI=1S/C19H16N6O3S/c1-25-19(22-23-24-25)21-18(26)14-11-13-9-6-10-20-16(13)15(17(14)29(2,27)28)12-7-4-3-5-8-12/h3-11H,1-2H3,(H,21,22,24,26). The molecule has 1 N–H and O–H groups in total. The molecule has 0 radical (unpaired) electrons. The average Bonchev–Trinajstić information content (AvgIpc) is 3.10. The van der Waals surface area contributed by atoms with Crippen molar-refractivity contribution in [3.05, 3.63) is 60.3 Å². The summed E-state index contributed by atoms with van der Waals surface area (Å²) >= 11 is 0. The first-order chi connectivity index (χ1) is 13.9. The topological polar surface area (TPSA) is 120 Å². The molecule has 2 aromatic heterocycles. The number of hydrogen-bond donors (Lipinski definition) is 1. The molecule has 0 atom stereocenters. The van der Waals surface area contributed by atoms with Crippen LogP contribution in [0, 0.1) is 0 Å². The number of sulfone groups is 1. The quantitative estimate of drug-likeness (QED) is 0.549. The zero-order valence-corrected chi connectivity index (χ0v) is 16.4. The van der Waals surface area contributed by atoms with E-state index in [1.807, 2.05) is 6.07 Å². The Labute approximate surface area is 166 Å². The van der Waals surface area contributed by atoms with Gasteiger partial charge in [0.15, 0.2) is 9.84 Å². The molecule has 0 bridgehead atoms. The van der Waals surface area contributed by atoms with Crippen molar-refractivity contribution in [3.8, 4) is 11.1 Å². The van der Waals surface area contributed by atoms with E-state index in [1.165, 1.54) is 10.7 Å². The summed E-state index contributed by atoms with van der Waals surface area (Å²) in [7, 11) is -2.23. The number of fused-ring (bicyclic) bond motifs is 1. The normalized spacial score (nSPS) is 11.5. The van der Waals surface area contributed by atoms with Gasteiger partial charge in [-0.25, -0.2) is 13.1 Å². The number of aryl methyl sites for hydroxylation is 1. The predicted molar refractivity (Wildman–Crippen MR) is 107 cm³/mol. The van der Waals surface area contributed by atoms with Gasteiger partial charge >= 0.3 is 0 Å². The van der Waals surface area contributed by atoms with Gasteiger partial charge in [0.25, 0.3) is 5.91 Å². The third-order valence-electron chi connectivity index (χ3n) is 4.37. The van der Waals surface area contributed by atoms with E-state index in [1.54, 1.807) is 49.6 Å². The van der Waals surface area contributed by atoms with Gasteiger partial charge in [-0.2, -0.15) is 0 Å². The molecular formula is C19H16N6O3S. The molecule has 29 heavy (non-hydrogen) atoms. The molecule has 4 rings (SSSR count). The smallest absolute Gasteiger partial charge is 0.259 e. The number of rotatable bonds is 4. The maximum absolute atomic E-state index is 13.1. The Balaban J connectivity index is 2.04. The molecule has 0 aliphatic heterocycles. The van der Waals surface area contributed by atoms with Crippen LogP contribution >= 0.6 is 0 Å². The summed E-state index contributed by atoms with van der Waals surface area (Å²) < 4.78 is 26.9. The van der Waals surface area contributed by atoms with Crippen LogP contribution in [0.15, 0.2) is 59.6 Å². The first-order valence-electron chi connectivity index (χ1n) is 8.57. The van der Waals surface area contributed by atoms with Crippen LogP contribution in [0.1, 0.15) is 10.4 Å². The van der Waals surface area contributed by atoms with Crippen molar-refractivity contribution in [2.24, 2.45) is 7.05 Å². The highest BCUT2D eigenvalue weighted by molar-refractivity contribution is 7.91. The van der Waals surface area contributed by atoms with Crippen molar-refractivity contribution in [3.63, 3.8) is 0 Å². The number of amides is 1. The van der Waals surface area contributed by atoms with Crippen molar-refractivity contribution < 1.29 is 13.2 Å². The van der Waals surface area contributed by atoms with E-state index >= 15 is 0 Å². The zero-order chi connectivity index (χ0) is 20.6. The molecule has 1 amide bonds. The molecule has 0 fully saturated rings. The summed E-state index contributed by atoms with van der Waals surface area (Å²) in [6.07, 6.45) is 2.66. The van der Waals surface area contributed by atoms with Crippen molar-refractivity contribution in [1.29, 1.82) is 0 Å². The van der Waals surface area contributed by atoms with E-state index in [4.69, 9.17) is 0 Å². The van der Waals surface area contributed by atoms with Gasteiger partial charge < -0.3 is 0 Å². The van der Waals surface area contributed by atoms with E-state index < -0.39 is 15.7 Å². The van der Waals surface area contributed by atoms with Gasteiger partial charge in [-0.1, -0.05) is 41.5 Å². The number of carbonyl (C=O) groups is 1. The van der Waals surface area contributed by atoms with Crippen LogP contribution in [0.4, 0.5) is 5.95 Å². The molecule has 0 aliphatic rings. The number of benzene rings is 2. The molecule has 2 heterocycles. The van der Waals surface area contributed by atoms with Gasteiger partial charge in [0.2, 0.25) is 5.95 Å². The van der Waals surface area contributed by atoms with Crippen LogP contribution in [-0.2, 0) is 16.9 Å². The summed E-state index contributed by atoms with van der Waals surface area (Å²) in [5, 5.41) is 14.1. The summed E-state index contributed by atoms with van der Waals surface area (Å²) in [5.74, 6) is -0.534. The molecule has 0 saturated carbocycles. The van der Waals surface area contributed by atoms with Gasteiger partial charge in [0, 0.05) is 30.4 Å². The highest BCUT2D eigenvalue weighted by Gasteiger charge is 2.27. The Hall–Kier alpha value is -3.66. The summed E-state index contributed by atoms with van der Waals surface area (Å²) in [6, 6.07) is 14.0. The first kappa shape index (κ1) is 18.7. The lowest BCUT2D eigenvalue weighted by molar-refractivity contribution is 0.102.